The SMILES string of the molecule is CC1(C)OC(=O)C(=CNc2cc([N+](=O)[O-])ccc2-c2nc3ccccc3c(=O)[nH]2)C(=O)O1. The maximum Gasteiger partial charge on any atom is 0.350 e. The van der Waals surface area contributed by atoms with Crippen molar-refractivity contribution in [3.8, 4) is 11.4 Å². The molecule has 0 saturated carbocycles. The monoisotopic (exact) mass is 436 g/mol. The molecule has 0 aliphatic carbocycles. The van der Waals surface area contributed by atoms with Crippen molar-refractivity contribution >= 4 is 34.2 Å². The van der Waals surface area contributed by atoms with E-state index >= 15 is 0 Å². The molecule has 32 heavy (non-hydrogen) atoms. The van der Waals surface area contributed by atoms with E-state index in [-0.39, 0.29) is 17.2 Å². The van der Waals surface area contributed by atoms with Crippen LogP contribution in [0.3, 0.4) is 0 Å². The number of rotatable bonds is 4. The lowest BCUT2D eigenvalue weighted by Gasteiger charge is -2.29. The summed E-state index contributed by atoms with van der Waals surface area (Å²) in [7, 11) is 0. The van der Waals surface area contributed by atoms with Crippen LogP contribution in [0.15, 0.2) is 59.0 Å². The molecule has 0 radical (unpaired) electrons. The van der Waals surface area contributed by atoms with Crippen molar-refractivity contribution < 1.29 is 24.0 Å². The van der Waals surface area contributed by atoms with E-state index in [0.29, 0.717) is 16.5 Å². The number of aromatic nitrogens is 2. The number of ether oxygens (including phenoxy) is 2. The van der Waals surface area contributed by atoms with Crippen LogP contribution in [0.4, 0.5) is 11.4 Å². The van der Waals surface area contributed by atoms with Crippen molar-refractivity contribution in [1.82, 2.24) is 9.97 Å². The van der Waals surface area contributed by atoms with Crippen molar-refractivity contribution in [3.63, 3.8) is 0 Å². The zero-order chi connectivity index (χ0) is 23.0. The lowest BCUT2D eigenvalue weighted by atomic mass is 10.1. The average molecular weight is 436 g/mol. The summed E-state index contributed by atoms with van der Waals surface area (Å²) in [6.45, 7) is 2.82. The number of benzene rings is 2. The summed E-state index contributed by atoms with van der Waals surface area (Å²) in [5.74, 6) is -3.10. The first-order valence-corrected chi connectivity index (χ1v) is 9.36. The molecule has 3 aromatic rings. The van der Waals surface area contributed by atoms with Gasteiger partial charge in [-0.15, -0.1) is 0 Å². The van der Waals surface area contributed by atoms with E-state index in [1.165, 1.54) is 32.0 Å². The minimum absolute atomic E-state index is 0.121. The second kappa shape index (κ2) is 7.61. The van der Waals surface area contributed by atoms with Gasteiger partial charge in [-0.05, 0) is 18.2 Å². The summed E-state index contributed by atoms with van der Waals surface area (Å²) in [4.78, 5) is 54.5. The number of nitro groups is 1. The fourth-order valence-electron chi connectivity index (χ4n) is 3.11. The summed E-state index contributed by atoms with van der Waals surface area (Å²) in [5.41, 5.74) is -0.233. The third-order valence-electron chi connectivity index (χ3n) is 4.57. The Morgan fingerprint density at radius 3 is 2.47 bits per heavy atom. The van der Waals surface area contributed by atoms with E-state index in [4.69, 9.17) is 9.47 Å². The number of nitro benzene ring substituents is 1. The number of anilines is 1. The van der Waals surface area contributed by atoms with Crippen LogP contribution in [0.5, 0.6) is 0 Å². The molecule has 1 aliphatic heterocycles. The number of carbonyl (C=O) groups excluding carboxylic acids is 2. The Bertz CT molecular complexity index is 1350. The van der Waals surface area contributed by atoms with Gasteiger partial charge in [0, 0.05) is 37.7 Å². The molecular formula is C21H16N4O7. The summed E-state index contributed by atoms with van der Waals surface area (Å²) in [5, 5.41) is 14.3. The fourth-order valence-corrected chi connectivity index (χ4v) is 3.11. The smallest absolute Gasteiger partial charge is 0.350 e. The maximum atomic E-state index is 12.5. The quantitative estimate of drug-likeness (QED) is 0.206. The van der Waals surface area contributed by atoms with Gasteiger partial charge in [0.15, 0.2) is 5.57 Å². The van der Waals surface area contributed by atoms with E-state index in [9.17, 15) is 24.5 Å². The maximum absolute atomic E-state index is 12.5. The highest BCUT2D eigenvalue weighted by atomic mass is 16.7. The molecule has 1 aromatic heterocycles. The van der Waals surface area contributed by atoms with Gasteiger partial charge in [-0.3, -0.25) is 14.9 Å². The van der Waals surface area contributed by atoms with E-state index in [1.807, 2.05) is 0 Å². The van der Waals surface area contributed by atoms with Gasteiger partial charge in [-0.1, -0.05) is 12.1 Å². The Morgan fingerprint density at radius 2 is 1.78 bits per heavy atom. The van der Waals surface area contributed by atoms with Crippen LogP contribution < -0.4 is 10.9 Å². The summed E-state index contributed by atoms with van der Waals surface area (Å²) >= 11 is 0. The number of H-pyrrole nitrogens is 1. The number of para-hydroxylation sites is 1. The van der Waals surface area contributed by atoms with Gasteiger partial charge in [0.05, 0.1) is 21.5 Å². The first-order valence-electron chi connectivity index (χ1n) is 9.36. The molecule has 2 N–H and O–H groups in total. The van der Waals surface area contributed by atoms with Gasteiger partial charge in [-0.2, -0.15) is 0 Å². The van der Waals surface area contributed by atoms with Crippen LogP contribution in [-0.2, 0) is 19.1 Å². The van der Waals surface area contributed by atoms with Crippen LogP contribution >= 0.6 is 0 Å². The molecule has 11 nitrogen and oxygen atoms in total. The number of non-ortho nitro benzene ring substituents is 1. The second-order valence-electron chi connectivity index (χ2n) is 7.30. The molecule has 1 fully saturated rings. The Balaban J connectivity index is 1.79. The topological polar surface area (TPSA) is 154 Å². The zero-order valence-corrected chi connectivity index (χ0v) is 16.9. The molecule has 1 aliphatic rings. The average Bonchev–Trinajstić information content (AvgIpc) is 2.72. The van der Waals surface area contributed by atoms with Crippen molar-refractivity contribution in [3.05, 3.63) is 74.7 Å². The molecule has 4 rings (SSSR count). The lowest BCUT2D eigenvalue weighted by molar-refractivity contribution is -0.384. The van der Waals surface area contributed by atoms with Crippen molar-refractivity contribution in [2.45, 2.75) is 19.6 Å². The number of aromatic amines is 1. The first kappa shape index (κ1) is 20.7. The fraction of sp³-hybridized carbons (Fsp3) is 0.143. The summed E-state index contributed by atoms with van der Waals surface area (Å²) in [6.07, 6.45) is 1.03. The van der Waals surface area contributed by atoms with Crippen molar-refractivity contribution in [2.75, 3.05) is 5.32 Å². The highest BCUT2D eigenvalue weighted by Crippen LogP contribution is 2.30. The largest absolute Gasteiger partial charge is 0.419 e. The number of nitrogens with one attached hydrogen (secondary N) is 2. The highest BCUT2D eigenvalue weighted by molar-refractivity contribution is 6.15. The third kappa shape index (κ3) is 3.90. The number of nitrogens with zero attached hydrogens (tertiary/aromatic N) is 2. The molecule has 0 amide bonds. The van der Waals surface area contributed by atoms with Crippen molar-refractivity contribution in [2.24, 2.45) is 0 Å². The minimum atomic E-state index is -1.41. The minimum Gasteiger partial charge on any atom is -0.419 e. The molecule has 0 atom stereocenters. The second-order valence-corrected chi connectivity index (χ2v) is 7.30. The molecular weight excluding hydrogens is 420 g/mol. The van der Waals surface area contributed by atoms with Crippen LogP contribution in [0.25, 0.3) is 22.3 Å². The predicted octanol–water partition coefficient (Wildman–Crippen LogP) is 2.63. The van der Waals surface area contributed by atoms with E-state index in [0.717, 1.165) is 6.20 Å². The molecule has 0 unspecified atom stereocenters. The zero-order valence-electron chi connectivity index (χ0n) is 16.9. The standard InChI is InChI=1S/C21H16N4O7/c1-21(2)31-19(27)14(20(28)32-21)10-22-16-9-11(25(29)30)7-8-12(16)17-23-15-6-4-3-5-13(15)18(26)24-17/h3-10,22H,1-2H3,(H,23,24,26). The molecule has 162 valence electrons. The first-order chi connectivity index (χ1) is 15.1. The van der Waals surface area contributed by atoms with Gasteiger partial charge >= 0.3 is 11.9 Å². The number of hydrogen-bond donors (Lipinski definition) is 2. The molecule has 2 aromatic carbocycles. The summed E-state index contributed by atoms with van der Waals surface area (Å²) in [6, 6.07) is 10.5. The molecule has 2 heterocycles. The van der Waals surface area contributed by atoms with Gasteiger partial charge in [0.25, 0.3) is 17.0 Å². The third-order valence-corrected chi connectivity index (χ3v) is 4.57. The van der Waals surface area contributed by atoms with Gasteiger partial charge in [0.1, 0.15) is 5.82 Å². The Labute approximate surface area is 179 Å². The van der Waals surface area contributed by atoms with Crippen LogP contribution in [0.2, 0.25) is 0 Å². The molecule has 0 bridgehead atoms. The number of carbonyl (C=O) groups is 2. The van der Waals surface area contributed by atoms with E-state index in [2.05, 4.69) is 15.3 Å². The van der Waals surface area contributed by atoms with Crippen LogP contribution in [0, 0.1) is 10.1 Å². The molecule has 1 saturated heterocycles. The predicted molar refractivity (Wildman–Crippen MR) is 112 cm³/mol. The number of esters is 2. The highest BCUT2D eigenvalue weighted by Gasteiger charge is 2.39. The number of fused-ring (bicyclic) bond motifs is 1. The van der Waals surface area contributed by atoms with Crippen molar-refractivity contribution in [1.29, 1.82) is 0 Å². The Morgan fingerprint density at radius 1 is 1.09 bits per heavy atom. The molecule has 11 heteroatoms. The van der Waals surface area contributed by atoms with Gasteiger partial charge in [0.2, 0.25) is 0 Å². The van der Waals surface area contributed by atoms with Crippen LogP contribution in [-0.4, -0.2) is 32.6 Å². The Kier molecular flexibility index (Phi) is 4.93. The van der Waals surface area contributed by atoms with E-state index < -0.39 is 33.8 Å². The van der Waals surface area contributed by atoms with Crippen LogP contribution in [0.1, 0.15) is 13.8 Å². The number of cyclic esters (lactones) is 2. The Hall–Kier alpha value is -4.54. The van der Waals surface area contributed by atoms with E-state index in [1.54, 1.807) is 24.3 Å². The normalized spacial score (nSPS) is 15.1. The molecule has 0 spiro atoms. The van der Waals surface area contributed by atoms with Gasteiger partial charge in [-0.25, -0.2) is 14.6 Å². The number of hydrogen-bond acceptors (Lipinski definition) is 9. The van der Waals surface area contributed by atoms with Gasteiger partial charge < -0.3 is 19.8 Å². The summed E-state index contributed by atoms with van der Waals surface area (Å²) < 4.78 is 10.1. The lowest BCUT2D eigenvalue weighted by Crippen LogP contribution is -2.42.